The fourth-order valence-corrected chi connectivity index (χ4v) is 1.26. The highest BCUT2D eigenvalue weighted by Gasteiger charge is 1.99. The van der Waals surface area contributed by atoms with Crippen LogP contribution >= 0.6 is 0 Å². The summed E-state index contributed by atoms with van der Waals surface area (Å²) in [5.74, 6) is 0. The minimum Gasteiger partial charge on any atom is -0.450 e. The molecule has 0 spiro atoms. The zero-order chi connectivity index (χ0) is 8.39. The van der Waals surface area contributed by atoms with Crippen LogP contribution in [-0.2, 0) is 0 Å². The van der Waals surface area contributed by atoms with E-state index in [1.54, 1.807) is 12.4 Å². The molecule has 0 saturated carbocycles. The fraction of sp³-hybridized carbons (Fsp3) is 0. The maximum atomic E-state index is 8.89. The highest BCUT2D eigenvalue weighted by molar-refractivity contribution is 6.50. The van der Waals surface area contributed by atoms with E-state index in [0.29, 0.717) is 0 Å². The second-order valence-corrected chi connectivity index (χ2v) is 2.57. The van der Waals surface area contributed by atoms with Crippen molar-refractivity contribution in [3.05, 3.63) is 36.7 Å². The Bertz CT molecular complexity index is 397. The minimum absolute atomic E-state index is 0.829. The number of fused-ring (bicyclic) bond motifs is 1. The maximum Gasteiger partial charge on any atom is 0.327 e. The van der Waals surface area contributed by atoms with Crippen molar-refractivity contribution in [2.75, 3.05) is 0 Å². The Balaban J connectivity index is 2.79. The van der Waals surface area contributed by atoms with E-state index in [-0.39, 0.29) is 0 Å². The molecule has 12 heavy (non-hydrogen) atoms. The summed E-state index contributed by atoms with van der Waals surface area (Å²) in [6.45, 7) is 0. The monoisotopic (exact) mass is 156 g/mol. The lowest BCUT2D eigenvalue weighted by molar-refractivity contribution is 0.616. The number of benzene rings is 1. The van der Waals surface area contributed by atoms with Gasteiger partial charge in [-0.15, -0.1) is 0 Å². The van der Waals surface area contributed by atoms with Gasteiger partial charge in [-0.3, -0.25) is 4.98 Å². The highest BCUT2D eigenvalue weighted by atomic mass is 16.2. The Labute approximate surface area is 71.1 Å². The second-order valence-electron chi connectivity index (χ2n) is 2.57. The topological polar surface area (TPSA) is 33.1 Å². The van der Waals surface area contributed by atoms with Crippen LogP contribution in [0.25, 0.3) is 10.8 Å². The molecule has 0 amide bonds. The van der Waals surface area contributed by atoms with E-state index >= 15 is 0 Å². The van der Waals surface area contributed by atoms with Crippen LogP contribution in [-0.4, -0.2) is 17.5 Å². The smallest absolute Gasteiger partial charge is 0.327 e. The lowest BCUT2D eigenvalue weighted by Crippen LogP contribution is -2.13. The van der Waals surface area contributed by atoms with E-state index in [2.05, 4.69) is 4.98 Å². The van der Waals surface area contributed by atoms with Gasteiger partial charge in [0.25, 0.3) is 0 Å². The lowest BCUT2D eigenvalue weighted by atomic mass is 9.85. The molecule has 0 bridgehead atoms. The van der Waals surface area contributed by atoms with E-state index in [9.17, 15) is 0 Å². The maximum absolute atomic E-state index is 8.89. The summed E-state index contributed by atoms with van der Waals surface area (Å²) >= 11 is 0. The molecule has 57 valence electrons. The molecular formula is C9H7BNO. The predicted octanol–water partition coefficient (Wildman–Crippen LogP) is 0.472. The quantitative estimate of drug-likeness (QED) is 0.608. The first-order valence-corrected chi connectivity index (χ1v) is 3.72. The van der Waals surface area contributed by atoms with Gasteiger partial charge in [-0.25, -0.2) is 0 Å². The van der Waals surface area contributed by atoms with Gasteiger partial charge in [-0.05, 0) is 22.3 Å². The van der Waals surface area contributed by atoms with Crippen molar-refractivity contribution >= 4 is 23.7 Å². The Morgan fingerprint density at radius 3 is 3.00 bits per heavy atom. The van der Waals surface area contributed by atoms with Crippen molar-refractivity contribution in [3.63, 3.8) is 0 Å². The third-order valence-corrected chi connectivity index (χ3v) is 1.85. The van der Waals surface area contributed by atoms with Crippen molar-refractivity contribution in [2.24, 2.45) is 0 Å². The minimum atomic E-state index is 0.829. The standard InChI is InChI=1S/C9H7BNO/c12-10-9-3-1-2-7-6-11-5-4-8(7)9/h1-6,12H. The Kier molecular flexibility index (Phi) is 1.80. The van der Waals surface area contributed by atoms with Crippen molar-refractivity contribution in [3.8, 4) is 0 Å². The van der Waals surface area contributed by atoms with Gasteiger partial charge in [-0.2, -0.15) is 0 Å². The van der Waals surface area contributed by atoms with Gasteiger partial charge in [0.1, 0.15) is 0 Å². The third-order valence-electron chi connectivity index (χ3n) is 1.85. The van der Waals surface area contributed by atoms with Crippen LogP contribution in [0.3, 0.4) is 0 Å². The summed E-state index contributed by atoms with van der Waals surface area (Å²) in [4.78, 5) is 3.99. The van der Waals surface area contributed by atoms with E-state index < -0.39 is 0 Å². The van der Waals surface area contributed by atoms with Gasteiger partial charge < -0.3 is 5.02 Å². The third kappa shape index (κ3) is 1.08. The first-order valence-electron chi connectivity index (χ1n) is 3.72. The number of hydrogen-bond donors (Lipinski definition) is 1. The number of nitrogens with zero attached hydrogens (tertiary/aromatic N) is 1. The lowest BCUT2D eigenvalue weighted by Gasteiger charge is -2.00. The average Bonchev–Trinajstić information content (AvgIpc) is 2.17. The molecule has 0 aliphatic heterocycles. The van der Waals surface area contributed by atoms with Gasteiger partial charge in [0.05, 0.1) is 0 Å². The fourth-order valence-electron chi connectivity index (χ4n) is 1.26. The molecule has 2 nitrogen and oxygen atoms in total. The van der Waals surface area contributed by atoms with Crippen LogP contribution in [0.15, 0.2) is 36.7 Å². The first kappa shape index (κ1) is 7.31. The summed E-state index contributed by atoms with van der Waals surface area (Å²) in [6.07, 6.45) is 3.50. The van der Waals surface area contributed by atoms with Crippen LogP contribution in [0.5, 0.6) is 0 Å². The molecule has 2 aromatic rings. The Morgan fingerprint density at radius 2 is 2.17 bits per heavy atom. The summed E-state index contributed by atoms with van der Waals surface area (Å²) in [5, 5.41) is 11.0. The normalized spacial score (nSPS) is 10.1. The molecule has 2 rings (SSSR count). The highest BCUT2D eigenvalue weighted by Crippen LogP contribution is 2.07. The SMILES string of the molecule is O[B]c1cccc2cnccc12. The second kappa shape index (κ2) is 2.95. The van der Waals surface area contributed by atoms with Gasteiger partial charge >= 0.3 is 7.48 Å². The van der Waals surface area contributed by atoms with Crippen molar-refractivity contribution < 1.29 is 5.02 Å². The molecule has 1 aromatic heterocycles. The first-order chi connectivity index (χ1) is 5.92. The van der Waals surface area contributed by atoms with Gasteiger partial charge in [-0.1, -0.05) is 18.2 Å². The average molecular weight is 156 g/mol. The van der Waals surface area contributed by atoms with Crippen LogP contribution in [0.1, 0.15) is 0 Å². The molecule has 0 aliphatic rings. The van der Waals surface area contributed by atoms with E-state index in [1.807, 2.05) is 24.3 Å². The summed E-state index contributed by atoms with van der Waals surface area (Å²) < 4.78 is 0. The van der Waals surface area contributed by atoms with Crippen molar-refractivity contribution in [1.82, 2.24) is 4.98 Å². The van der Waals surface area contributed by atoms with E-state index in [1.165, 1.54) is 0 Å². The molecule has 1 N–H and O–H groups in total. The zero-order valence-corrected chi connectivity index (χ0v) is 6.44. The number of aromatic nitrogens is 1. The molecule has 1 heterocycles. The van der Waals surface area contributed by atoms with Gasteiger partial charge in [0.15, 0.2) is 0 Å². The molecule has 1 radical (unpaired) electrons. The molecule has 1 aromatic carbocycles. The van der Waals surface area contributed by atoms with Gasteiger partial charge in [0.2, 0.25) is 0 Å². The van der Waals surface area contributed by atoms with Crippen molar-refractivity contribution in [1.29, 1.82) is 0 Å². The molecule has 0 fully saturated rings. The molecule has 0 unspecified atom stereocenters. The number of rotatable bonds is 1. The van der Waals surface area contributed by atoms with Crippen LogP contribution in [0.2, 0.25) is 0 Å². The number of hydrogen-bond acceptors (Lipinski definition) is 2. The largest absolute Gasteiger partial charge is 0.450 e. The van der Waals surface area contributed by atoms with Crippen LogP contribution in [0.4, 0.5) is 0 Å². The predicted molar refractivity (Wildman–Crippen MR) is 49.3 cm³/mol. The van der Waals surface area contributed by atoms with Gasteiger partial charge in [0, 0.05) is 12.4 Å². The van der Waals surface area contributed by atoms with Crippen LogP contribution < -0.4 is 5.46 Å². The Hall–Kier alpha value is -1.35. The number of pyridine rings is 1. The molecular weight excluding hydrogens is 149 g/mol. The molecule has 3 heteroatoms. The zero-order valence-electron chi connectivity index (χ0n) is 6.44. The van der Waals surface area contributed by atoms with E-state index in [4.69, 9.17) is 5.02 Å². The van der Waals surface area contributed by atoms with Crippen molar-refractivity contribution in [2.45, 2.75) is 0 Å². The summed E-state index contributed by atoms with van der Waals surface area (Å²) in [7, 11) is 1.11. The van der Waals surface area contributed by atoms with E-state index in [0.717, 1.165) is 23.7 Å². The molecule has 0 saturated heterocycles. The molecule has 0 atom stereocenters. The Morgan fingerprint density at radius 1 is 1.25 bits per heavy atom. The molecule has 0 aliphatic carbocycles. The summed E-state index contributed by atoms with van der Waals surface area (Å²) in [5.41, 5.74) is 0.829. The van der Waals surface area contributed by atoms with Crippen LogP contribution in [0, 0.1) is 0 Å². The summed E-state index contributed by atoms with van der Waals surface area (Å²) in [6, 6.07) is 7.61.